The largest absolute Gasteiger partial charge is 0.352 e. The maximum atomic E-state index is 6.79. The molecule has 9 unspecified atom stereocenters. The first-order valence-electron chi connectivity index (χ1n) is 17.4. The molecule has 3 saturated carbocycles. The summed E-state index contributed by atoms with van der Waals surface area (Å²) in [6.07, 6.45) is 19.5. The summed E-state index contributed by atoms with van der Waals surface area (Å²) in [7, 11) is 1.81. The van der Waals surface area contributed by atoms with Gasteiger partial charge < -0.3 is 9.47 Å². The number of aryl methyl sites for hydroxylation is 2. The van der Waals surface area contributed by atoms with Crippen LogP contribution in [0.1, 0.15) is 147 Å². The van der Waals surface area contributed by atoms with Gasteiger partial charge in [-0.05, 0) is 112 Å². The number of fused-ring (bicyclic) bond motifs is 3. The molecule has 4 rings (SSSR count). The molecule has 0 saturated heterocycles. The van der Waals surface area contributed by atoms with Crippen LogP contribution in [0.2, 0.25) is 0 Å². The van der Waals surface area contributed by atoms with Crippen molar-refractivity contribution >= 4 is 0 Å². The van der Waals surface area contributed by atoms with Gasteiger partial charge in [-0.2, -0.15) is 0 Å². The summed E-state index contributed by atoms with van der Waals surface area (Å²) in [4.78, 5) is 0. The average Bonchev–Trinajstić information content (AvgIpc) is 3.26. The Morgan fingerprint density at radius 1 is 0.900 bits per heavy atom. The fraction of sp³-hybridized carbons (Fsp3) is 0.842. The molecule has 0 spiro atoms. The average molecular weight is 553 g/mol. The van der Waals surface area contributed by atoms with Gasteiger partial charge in [0.2, 0.25) is 0 Å². The van der Waals surface area contributed by atoms with Crippen LogP contribution in [-0.4, -0.2) is 13.2 Å². The Morgan fingerprint density at radius 2 is 1.65 bits per heavy atom. The van der Waals surface area contributed by atoms with Gasteiger partial charge in [0, 0.05) is 12.7 Å². The molecule has 9 atom stereocenters. The Kier molecular flexibility index (Phi) is 11.7. The zero-order chi connectivity index (χ0) is 28.9. The minimum absolute atomic E-state index is 0.259. The third-order valence-electron chi connectivity index (χ3n) is 11.9. The summed E-state index contributed by atoms with van der Waals surface area (Å²) in [6.45, 7) is 16.7. The molecule has 0 bridgehead atoms. The highest BCUT2D eigenvalue weighted by Gasteiger charge is 2.55. The van der Waals surface area contributed by atoms with Crippen molar-refractivity contribution in [2.45, 2.75) is 151 Å². The van der Waals surface area contributed by atoms with Gasteiger partial charge in [-0.25, -0.2) is 0 Å². The normalized spacial score (nSPS) is 32.5. The molecule has 40 heavy (non-hydrogen) atoms. The van der Waals surface area contributed by atoms with Crippen molar-refractivity contribution < 1.29 is 9.47 Å². The van der Waals surface area contributed by atoms with E-state index >= 15 is 0 Å². The first kappa shape index (κ1) is 32.1. The van der Waals surface area contributed by atoms with E-state index in [1.54, 1.807) is 0 Å². The van der Waals surface area contributed by atoms with Gasteiger partial charge in [0.15, 0.2) is 6.29 Å². The molecule has 3 aliphatic rings. The first-order chi connectivity index (χ1) is 19.1. The molecule has 2 heteroatoms. The summed E-state index contributed by atoms with van der Waals surface area (Å²) in [5, 5.41) is 0. The van der Waals surface area contributed by atoms with Crippen molar-refractivity contribution in [2.24, 2.45) is 46.8 Å². The lowest BCUT2D eigenvalue weighted by molar-refractivity contribution is -0.168. The molecule has 3 fully saturated rings. The molecule has 0 aliphatic heterocycles. The van der Waals surface area contributed by atoms with Crippen molar-refractivity contribution in [1.82, 2.24) is 0 Å². The third-order valence-corrected chi connectivity index (χ3v) is 11.9. The van der Waals surface area contributed by atoms with E-state index in [2.05, 4.69) is 66.7 Å². The van der Waals surface area contributed by atoms with Crippen molar-refractivity contribution in [3.8, 4) is 0 Å². The van der Waals surface area contributed by atoms with Crippen molar-refractivity contribution in [2.75, 3.05) is 7.11 Å². The second kappa shape index (κ2) is 14.5. The Balaban J connectivity index is 1.36. The smallest absolute Gasteiger partial charge is 0.183 e. The van der Waals surface area contributed by atoms with Gasteiger partial charge in [0.25, 0.3) is 0 Å². The lowest BCUT2D eigenvalue weighted by Gasteiger charge is -2.53. The van der Waals surface area contributed by atoms with Gasteiger partial charge in [-0.15, -0.1) is 0 Å². The molecule has 1 aromatic rings. The third kappa shape index (κ3) is 7.75. The number of benzene rings is 1. The van der Waals surface area contributed by atoms with E-state index < -0.39 is 0 Å². The summed E-state index contributed by atoms with van der Waals surface area (Å²) < 4.78 is 12.7. The zero-order valence-corrected chi connectivity index (χ0v) is 27.6. The number of methoxy groups -OCH3 is 1. The number of ether oxygens (including phenoxy) is 2. The minimum Gasteiger partial charge on any atom is -0.352 e. The highest BCUT2D eigenvalue weighted by Crippen LogP contribution is 2.64. The zero-order valence-electron chi connectivity index (χ0n) is 27.6. The number of unbranched alkanes of at least 4 members (excludes halogenated alkanes) is 1. The van der Waals surface area contributed by atoms with E-state index in [4.69, 9.17) is 9.47 Å². The minimum atomic E-state index is -0.259. The van der Waals surface area contributed by atoms with E-state index in [0.29, 0.717) is 11.5 Å². The van der Waals surface area contributed by atoms with E-state index in [-0.39, 0.29) is 6.29 Å². The van der Waals surface area contributed by atoms with Crippen LogP contribution in [0.15, 0.2) is 18.2 Å². The molecule has 1 aromatic carbocycles. The van der Waals surface area contributed by atoms with Crippen LogP contribution in [0.5, 0.6) is 0 Å². The standard InChI is InChI=1S/C38H64O2/c1-9-10-14-33(40-37(39-8)32-22-27(4)21-28(5)23-32)25-30-15-16-34-31(24-30)19-20-38(7)35(17-18-36(34)38)29(6)13-11-12-26(2)3/h21-23,26,29-31,33-37H,9-20,24-25H2,1-8H3. The quantitative estimate of drug-likeness (QED) is 0.214. The van der Waals surface area contributed by atoms with E-state index in [1.807, 2.05) is 7.11 Å². The summed E-state index contributed by atoms with van der Waals surface area (Å²) >= 11 is 0. The van der Waals surface area contributed by atoms with Gasteiger partial charge >= 0.3 is 0 Å². The number of hydrogen-bond donors (Lipinski definition) is 0. The molecular weight excluding hydrogens is 488 g/mol. The summed E-state index contributed by atoms with van der Waals surface area (Å²) in [5.41, 5.74) is 4.35. The molecule has 2 nitrogen and oxygen atoms in total. The summed E-state index contributed by atoms with van der Waals surface area (Å²) in [5.74, 6) is 6.46. The number of hydrogen-bond acceptors (Lipinski definition) is 2. The fourth-order valence-electron chi connectivity index (χ4n) is 9.94. The highest BCUT2D eigenvalue weighted by molar-refractivity contribution is 5.29. The Morgan fingerprint density at radius 3 is 2.33 bits per heavy atom. The Labute approximate surface area is 248 Å². The molecule has 0 N–H and O–H groups in total. The van der Waals surface area contributed by atoms with E-state index in [9.17, 15) is 0 Å². The Hall–Kier alpha value is -0.860. The van der Waals surface area contributed by atoms with Gasteiger partial charge in [0.05, 0.1) is 6.10 Å². The van der Waals surface area contributed by atoms with Crippen LogP contribution >= 0.6 is 0 Å². The monoisotopic (exact) mass is 552 g/mol. The van der Waals surface area contributed by atoms with Gasteiger partial charge in [-0.3, -0.25) is 0 Å². The number of rotatable bonds is 14. The van der Waals surface area contributed by atoms with Crippen LogP contribution < -0.4 is 0 Å². The second-order valence-corrected chi connectivity index (χ2v) is 15.4. The second-order valence-electron chi connectivity index (χ2n) is 15.4. The molecular formula is C38H64O2. The molecule has 0 amide bonds. The van der Waals surface area contributed by atoms with E-state index in [0.717, 1.165) is 47.8 Å². The predicted molar refractivity (Wildman–Crippen MR) is 170 cm³/mol. The molecule has 0 aromatic heterocycles. The maximum absolute atomic E-state index is 6.79. The Bertz CT molecular complexity index is 887. The molecule has 228 valence electrons. The lowest BCUT2D eigenvalue weighted by atomic mass is 9.52. The van der Waals surface area contributed by atoms with Crippen molar-refractivity contribution in [1.29, 1.82) is 0 Å². The highest BCUT2D eigenvalue weighted by atomic mass is 16.7. The molecule has 0 radical (unpaired) electrons. The lowest BCUT2D eigenvalue weighted by Crippen LogP contribution is -2.45. The predicted octanol–water partition coefficient (Wildman–Crippen LogP) is 11.2. The van der Waals surface area contributed by atoms with Crippen LogP contribution in [0.4, 0.5) is 0 Å². The van der Waals surface area contributed by atoms with Gasteiger partial charge in [0.1, 0.15) is 0 Å². The molecule has 0 heterocycles. The van der Waals surface area contributed by atoms with Crippen LogP contribution in [0, 0.1) is 60.7 Å². The maximum Gasteiger partial charge on any atom is 0.183 e. The topological polar surface area (TPSA) is 18.5 Å². The van der Waals surface area contributed by atoms with E-state index in [1.165, 1.54) is 100 Å². The van der Waals surface area contributed by atoms with Crippen LogP contribution in [-0.2, 0) is 9.47 Å². The van der Waals surface area contributed by atoms with Gasteiger partial charge in [-0.1, -0.05) is 102 Å². The fourth-order valence-corrected chi connectivity index (χ4v) is 9.94. The van der Waals surface area contributed by atoms with Crippen LogP contribution in [0.25, 0.3) is 0 Å². The van der Waals surface area contributed by atoms with Crippen molar-refractivity contribution in [3.05, 3.63) is 34.9 Å². The molecule has 3 aliphatic carbocycles. The SMILES string of the molecule is CCCCC(CC1CCC2C(CCC3(C)C(C(C)CCCC(C)C)CCC23)C1)OC(OC)c1cc(C)cc(C)c1. The van der Waals surface area contributed by atoms with Crippen LogP contribution in [0.3, 0.4) is 0 Å². The summed E-state index contributed by atoms with van der Waals surface area (Å²) in [6, 6.07) is 6.71. The first-order valence-corrected chi connectivity index (χ1v) is 17.4. The van der Waals surface area contributed by atoms with Crippen molar-refractivity contribution in [3.63, 3.8) is 0 Å².